The Balaban J connectivity index is 1.84. The molecule has 0 aliphatic carbocycles. The molecule has 0 saturated carbocycles. The van der Waals surface area contributed by atoms with Crippen LogP contribution in [0.1, 0.15) is 32.3 Å². The van der Waals surface area contributed by atoms with Gasteiger partial charge in [-0.25, -0.2) is 0 Å². The second-order valence-electron chi connectivity index (χ2n) is 5.57. The van der Waals surface area contributed by atoms with Gasteiger partial charge in [-0.05, 0) is 37.6 Å². The van der Waals surface area contributed by atoms with E-state index in [4.69, 9.17) is 19.0 Å². The van der Waals surface area contributed by atoms with Crippen molar-refractivity contribution in [3.63, 3.8) is 0 Å². The SMILES string of the molecule is CCCOc1cc(C2=CC3(CCOC3)ON2)ccc1OCC. The normalized spacial score (nSPS) is 23.5. The van der Waals surface area contributed by atoms with Gasteiger partial charge in [-0.2, -0.15) is 0 Å². The lowest BCUT2D eigenvalue weighted by molar-refractivity contribution is -0.0373. The van der Waals surface area contributed by atoms with Gasteiger partial charge in [0.15, 0.2) is 11.5 Å². The Bertz CT molecular complexity index is 550. The fourth-order valence-corrected chi connectivity index (χ4v) is 2.65. The summed E-state index contributed by atoms with van der Waals surface area (Å²) in [6.45, 7) is 6.68. The van der Waals surface area contributed by atoms with Crippen LogP contribution in [0.3, 0.4) is 0 Å². The standard InChI is InChI=1S/C17H23NO4/c1-3-8-21-16-10-13(5-6-15(16)20-4-2)14-11-17(22-18-14)7-9-19-12-17/h5-6,10-11,18H,3-4,7-9,12H2,1-2H3. The van der Waals surface area contributed by atoms with Gasteiger partial charge in [-0.15, -0.1) is 0 Å². The summed E-state index contributed by atoms with van der Waals surface area (Å²) in [4.78, 5) is 5.73. The Morgan fingerprint density at radius 3 is 2.86 bits per heavy atom. The summed E-state index contributed by atoms with van der Waals surface area (Å²) in [6.07, 6.45) is 3.94. The molecule has 1 unspecified atom stereocenters. The van der Waals surface area contributed by atoms with E-state index in [0.717, 1.165) is 42.2 Å². The zero-order chi connectivity index (χ0) is 15.4. The molecule has 5 nitrogen and oxygen atoms in total. The van der Waals surface area contributed by atoms with Crippen LogP contribution in [0.4, 0.5) is 0 Å². The van der Waals surface area contributed by atoms with Crippen LogP contribution in [0.25, 0.3) is 5.70 Å². The van der Waals surface area contributed by atoms with E-state index in [-0.39, 0.29) is 5.60 Å². The van der Waals surface area contributed by atoms with Crippen molar-refractivity contribution in [1.82, 2.24) is 5.48 Å². The Kier molecular flexibility index (Phi) is 4.55. The van der Waals surface area contributed by atoms with E-state index in [1.54, 1.807) is 0 Å². The van der Waals surface area contributed by atoms with Crippen LogP contribution in [0.2, 0.25) is 0 Å². The summed E-state index contributed by atoms with van der Waals surface area (Å²) < 4.78 is 16.9. The summed E-state index contributed by atoms with van der Waals surface area (Å²) >= 11 is 0. The topological polar surface area (TPSA) is 49.0 Å². The maximum Gasteiger partial charge on any atom is 0.161 e. The largest absolute Gasteiger partial charge is 0.490 e. The van der Waals surface area contributed by atoms with Crippen LogP contribution in [-0.4, -0.2) is 32.0 Å². The molecule has 2 heterocycles. The third-order valence-electron chi connectivity index (χ3n) is 3.80. The molecule has 1 atom stereocenters. The highest BCUT2D eigenvalue weighted by Crippen LogP contribution is 2.36. The molecular formula is C17H23NO4. The first kappa shape index (κ1) is 15.2. The average Bonchev–Trinajstić information content (AvgIpc) is 3.17. The van der Waals surface area contributed by atoms with Crippen LogP contribution in [0.15, 0.2) is 24.3 Å². The van der Waals surface area contributed by atoms with Crippen LogP contribution in [0, 0.1) is 0 Å². The summed E-state index contributed by atoms with van der Waals surface area (Å²) in [5, 5.41) is 0. The third kappa shape index (κ3) is 3.05. The van der Waals surface area contributed by atoms with E-state index >= 15 is 0 Å². The van der Waals surface area contributed by atoms with E-state index in [2.05, 4.69) is 18.5 Å². The molecule has 3 rings (SSSR count). The summed E-state index contributed by atoms with van der Waals surface area (Å²) in [6, 6.07) is 5.96. The minimum atomic E-state index is -0.321. The van der Waals surface area contributed by atoms with Crippen molar-refractivity contribution in [3.05, 3.63) is 29.8 Å². The monoisotopic (exact) mass is 305 g/mol. The predicted octanol–water partition coefficient (Wildman–Crippen LogP) is 2.91. The first-order chi connectivity index (χ1) is 10.8. The highest BCUT2D eigenvalue weighted by molar-refractivity contribution is 5.68. The van der Waals surface area contributed by atoms with Gasteiger partial charge in [-0.1, -0.05) is 6.92 Å². The Labute approximate surface area is 131 Å². The first-order valence-electron chi connectivity index (χ1n) is 7.91. The molecular weight excluding hydrogens is 282 g/mol. The lowest BCUT2D eigenvalue weighted by atomic mass is 10.0. The van der Waals surface area contributed by atoms with Gasteiger partial charge in [0.25, 0.3) is 0 Å². The van der Waals surface area contributed by atoms with E-state index in [9.17, 15) is 0 Å². The number of ether oxygens (including phenoxy) is 3. The van der Waals surface area contributed by atoms with Gasteiger partial charge in [0.1, 0.15) is 5.60 Å². The molecule has 1 saturated heterocycles. The van der Waals surface area contributed by atoms with Crippen molar-refractivity contribution in [2.75, 3.05) is 26.4 Å². The molecule has 0 bridgehead atoms. The molecule has 0 amide bonds. The van der Waals surface area contributed by atoms with Crippen LogP contribution < -0.4 is 15.0 Å². The highest BCUT2D eigenvalue weighted by Gasteiger charge is 2.39. The smallest absolute Gasteiger partial charge is 0.161 e. The molecule has 1 N–H and O–H groups in total. The van der Waals surface area contributed by atoms with Gasteiger partial charge in [0.2, 0.25) is 0 Å². The van der Waals surface area contributed by atoms with E-state index < -0.39 is 0 Å². The maximum absolute atomic E-state index is 5.81. The molecule has 1 fully saturated rings. The molecule has 2 aliphatic heterocycles. The fourth-order valence-electron chi connectivity index (χ4n) is 2.65. The second kappa shape index (κ2) is 6.58. The van der Waals surface area contributed by atoms with Gasteiger partial charge in [0.05, 0.1) is 25.5 Å². The molecule has 1 aromatic rings. The van der Waals surface area contributed by atoms with Crippen molar-refractivity contribution in [2.45, 2.75) is 32.3 Å². The lowest BCUT2D eigenvalue weighted by Crippen LogP contribution is -2.29. The Morgan fingerprint density at radius 2 is 2.14 bits per heavy atom. The summed E-state index contributed by atoms with van der Waals surface area (Å²) in [5.41, 5.74) is 4.68. The third-order valence-corrected chi connectivity index (χ3v) is 3.80. The Hall–Kier alpha value is -1.72. The second-order valence-corrected chi connectivity index (χ2v) is 5.57. The molecule has 0 radical (unpaired) electrons. The van der Waals surface area contributed by atoms with Crippen molar-refractivity contribution < 1.29 is 19.0 Å². The number of benzene rings is 1. The van der Waals surface area contributed by atoms with Gasteiger partial charge in [-0.3, -0.25) is 10.3 Å². The van der Waals surface area contributed by atoms with Crippen molar-refractivity contribution in [3.8, 4) is 11.5 Å². The Morgan fingerprint density at radius 1 is 1.23 bits per heavy atom. The molecule has 5 heteroatoms. The number of nitrogens with one attached hydrogen (secondary N) is 1. The fraction of sp³-hybridized carbons (Fsp3) is 0.529. The van der Waals surface area contributed by atoms with Crippen LogP contribution >= 0.6 is 0 Å². The van der Waals surface area contributed by atoms with E-state index in [0.29, 0.717) is 19.8 Å². The molecule has 1 aromatic carbocycles. The predicted molar refractivity (Wildman–Crippen MR) is 83.8 cm³/mol. The maximum atomic E-state index is 5.81. The van der Waals surface area contributed by atoms with E-state index in [1.165, 1.54) is 0 Å². The zero-order valence-electron chi connectivity index (χ0n) is 13.2. The average molecular weight is 305 g/mol. The molecule has 2 aliphatic rings. The zero-order valence-corrected chi connectivity index (χ0v) is 13.2. The highest BCUT2D eigenvalue weighted by atomic mass is 16.7. The van der Waals surface area contributed by atoms with E-state index in [1.807, 2.05) is 25.1 Å². The van der Waals surface area contributed by atoms with Crippen LogP contribution in [-0.2, 0) is 9.57 Å². The minimum absolute atomic E-state index is 0.321. The van der Waals surface area contributed by atoms with Gasteiger partial charge < -0.3 is 14.2 Å². The molecule has 1 spiro atoms. The molecule has 22 heavy (non-hydrogen) atoms. The first-order valence-corrected chi connectivity index (χ1v) is 7.91. The molecule has 0 aromatic heterocycles. The number of hydrogen-bond donors (Lipinski definition) is 1. The van der Waals surface area contributed by atoms with Crippen molar-refractivity contribution in [2.24, 2.45) is 0 Å². The summed E-state index contributed by atoms with van der Waals surface area (Å²) in [5.74, 6) is 1.55. The van der Waals surface area contributed by atoms with Crippen molar-refractivity contribution >= 4 is 5.70 Å². The molecule has 120 valence electrons. The van der Waals surface area contributed by atoms with Crippen molar-refractivity contribution in [1.29, 1.82) is 0 Å². The van der Waals surface area contributed by atoms with Gasteiger partial charge >= 0.3 is 0 Å². The number of hydroxylamine groups is 1. The van der Waals surface area contributed by atoms with Crippen LogP contribution in [0.5, 0.6) is 11.5 Å². The quantitative estimate of drug-likeness (QED) is 0.875. The number of hydrogen-bond acceptors (Lipinski definition) is 5. The lowest BCUT2D eigenvalue weighted by Gasteiger charge is -2.15. The van der Waals surface area contributed by atoms with Gasteiger partial charge in [0, 0.05) is 18.6 Å². The number of rotatable bonds is 6. The summed E-state index contributed by atoms with van der Waals surface area (Å²) in [7, 11) is 0. The minimum Gasteiger partial charge on any atom is -0.490 e.